The van der Waals surface area contributed by atoms with E-state index in [0.29, 0.717) is 17.3 Å². The van der Waals surface area contributed by atoms with Crippen LogP contribution in [0.1, 0.15) is 58.1 Å². The van der Waals surface area contributed by atoms with Crippen molar-refractivity contribution in [2.24, 2.45) is 20.9 Å². The molecule has 2 heterocycles. The van der Waals surface area contributed by atoms with Gasteiger partial charge in [-0.3, -0.25) is 9.67 Å². The van der Waals surface area contributed by atoms with Crippen LogP contribution in [0.2, 0.25) is 0 Å². The van der Waals surface area contributed by atoms with Crippen molar-refractivity contribution >= 4 is 11.9 Å². The van der Waals surface area contributed by atoms with E-state index in [1.54, 1.807) is 6.21 Å². The third kappa shape index (κ3) is 6.46. The van der Waals surface area contributed by atoms with Gasteiger partial charge >= 0.3 is 0 Å². The molecule has 0 unspecified atom stereocenters. The molecule has 1 aromatic heterocycles. The fraction of sp³-hybridized carbons (Fsp3) is 0.522. The summed E-state index contributed by atoms with van der Waals surface area (Å²) >= 11 is 0. The third-order valence-corrected chi connectivity index (χ3v) is 5.34. The Balaban J connectivity index is 2.33. The fourth-order valence-corrected chi connectivity index (χ4v) is 3.50. The number of hydrogen-bond acceptors (Lipinski definition) is 8. The van der Waals surface area contributed by atoms with E-state index in [4.69, 9.17) is 10.7 Å². The second kappa shape index (κ2) is 12.7. The largest absolute Gasteiger partial charge is 0.404 e. The lowest BCUT2D eigenvalue weighted by Crippen LogP contribution is -2.24. The minimum absolute atomic E-state index is 0.0665. The molecule has 0 fully saturated rings. The Labute approximate surface area is 190 Å². The molecule has 0 aromatic carbocycles. The van der Waals surface area contributed by atoms with E-state index in [1.165, 1.54) is 6.20 Å². The number of aliphatic hydroxyl groups is 1. The lowest BCUT2D eigenvalue weighted by atomic mass is 10.1. The number of rotatable bonds is 12. The van der Waals surface area contributed by atoms with Crippen molar-refractivity contribution < 1.29 is 5.11 Å². The van der Waals surface area contributed by atoms with Crippen molar-refractivity contribution in [3.63, 3.8) is 0 Å². The predicted octanol–water partition coefficient (Wildman–Crippen LogP) is 3.54. The molecular weight excluding hydrogens is 406 g/mol. The van der Waals surface area contributed by atoms with E-state index in [2.05, 4.69) is 42.1 Å². The molecule has 0 spiro atoms. The first-order chi connectivity index (χ1) is 15.5. The lowest BCUT2D eigenvalue weighted by Gasteiger charge is -2.25. The highest BCUT2D eigenvalue weighted by molar-refractivity contribution is 6.13. The Morgan fingerprint density at radius 1 is 1.31 bits per heavy atom. The molecule has 0 radical (unpaired) electrons. The van der Waals surface area contributed by atoms with Crippen molar-refractivity contribution in [2.75, 3.05) is 20.1 Å². The highest BCUT2D eigenvalue weighted by atomic mass is 16.3. The van der Waals surface area contributed by atoms with Crippen LogP contribution in [0.4, 0.5) is 0 Å². The highest BCUT2D eigenvalue weighted by Crippen LogP contribution is 2.25. The SMILES string of the molecule is CC/C=C1/C(c2cnn(C(CC)CC)c2)=NC(C(C=NC[C@@H](O)CCN=O)=CN)=CN1C. The summed E-state index contributed by atoms with van der Waals surface area (Å²) < 4.78 is 2.01. The quantitative estimate of drug-likeness (QED) is 0.379. The number of hydrogen-bond donors (Lipinski definition) is 2. The molecule has 0 saturated heterocycles. The zero-order valence-electron chi connectivity index (χ0n) is 19.5. The Morgan fingerprint density at radius 3 is 2.69 bits per heavy atom. The summed E-state index contributed by atoms with van der Waals surface area (Å²) in [5.74, 6) is 0. The first-order valence-electron chi connectivity index (χ1n) is 11.2. The Hall–Kier alpha value is -3.07. The minimum atomic E-state index is -0.722. The molecule has 1 aliphatic heterocycles. The van der Waals surface area contributed by atoms with Gasteiger partial charge in [0.25, 0.3) is 0 Å². The van der Waals surface area contributed by atoms with Crippen LogP contribution in [0.25, 0.3) is 0 Å². The van der Waals surface area contributed by atoms with Gasteiger partial charge in [-0.1, -0.05) is 32.0 Å². The summed E-state index contributed by atoms with van der Waals surface area (Å²) in [6.07, 6.45) is 13.5. The van der Waals surface area contributed by atoms with Crippen LogP contribution in [0.15, 0.2) is 63.0 Å². The standard InChI is InChI=1S/C23H35N7O2/c1-5-8-22-23(18-13-26-30(15-18)19(6-2)7-3)28-21(16-29(22)4)17(11-24)12-25-14-20(31)9-10-27-32/h8,11-13,15-16,19-20,31H,5-7,9-10,14,24H2,1-4H3/b17-11?,22-8-,25-12?/t20-/m0/s1. The summed E-state index contributed by atoms with van der Waals surface area (Å²) in [4.78, 5) is 21.4. The molecule has 0 amide bonds. The van der Waals surface area contributed by atoms with Crippen molar-refractivity contribution in [1.82, 2.24) is 14.7 Å². The fourth-order valence-electron chi connectivity index (χ4n) is 3.50. The Bertz CT molecular complexity index is 907. The number of nitrogens with zero attached hydrogens (tertiary/aromatic N) is 6. The van der Waals surface area contributed by atoms with E-state index in [0.717, 1.165) is 36.2 Å². The molecular formula is C23H35N7O2. The first-order valence-corrected chi connectivity index (χ1v) is 11.2. The number of aliphatic hydroxyl groups excluding tert-OH is 1. The van der Waals surface area contributed by atoms with Gasteiger partial charge in [0.15, 0.2) is 0 Å². The molecule has 0 saturated carbocycles. The summed E-state index contributed by atoms with van der Waals surface area (Å²) in [6.45, 7) is 6.64. The third-order valence-electron chi connectivity index (χ3n) is 5.34. The number of allylic oxidation sites excluding steroid dienone is 3. The zero-order chi connectivity index (χ0) is 23.5. The van der Waals surface area contributed by atoms with Crippen molar-refractivity contribution in [2.45, 2.75) is 58.6 Å². The van der Waals surface area contributed by atoms with Crippen LogP contribution in [-0.2, 0) is 0 Å². The number of aromatic nitrogens is 2. The zero-order valence-corrected chi connectivity index (χ0v) is 19.5. The van der Waals surface area contributed by atoms with E-state index in [9.17, 15) is 10.0 Å². The summed E-state index contributed by atoms with van der Waals surface area (Å²) in [5.41, 5.74) is 9.95. The number of nitrogens with two attached hydrogens (primary N) is 1. The van der Waals surface area contributed by atoms with Gasteiger partial charge < -0.3 is 15.7 Å². The number of aliphatic imine (C=N–C) groups is 2. The molecule has 0 aliphatic carbocycles. The normalized spacial score (nSPS) is 17.2. The number of likely N-dealkylation sites (N-methyl/N-ethyl adjacent to an activating group) is 1. The maximum Gasteiger partial charge on any atom is 0.0974 e. The molecule has 0 bridgehead atoms. The first kappa shape index (κ1) is 25.2. The van der Waals surface area contributed by atoms with Gasteiger partial charge in [0.1, 0.15) is 0 Å². The van der Waals surface area contributed by atoms with Gasteiger partial charge in [-0.25, -0.2) is 4.99 Å². The summed E-state index contributed by atoms with van der Waals surface area (Å²) in [6, 6.07) is 0.353. The molecule has 3 N–H and O–H groups in total. The average molecular weight is 442 g/mol. The van der Waals surface area contributed by atoms with Crippen LogP contribution >= 0.6 is 0 Å². The molecule has 1 aromatic rings. The van der Waals surface area contributed by atoms with E-state index < -0.39 is 6.10 Å². The average Bonchev–Trinajstić information content (AvgIpc) is 3.27. The van der Waals surface area contributed by atoms with Gasteiger partial charge in [-0.2, -0.15) is 10.0 Å². The van der Waals surface area contributed by atoms with Crippen LogP contribution in [0.5, 0.6) is 0 Å². The van der Waals surface area contributed by atoms with Gasteiger partial charge in [0.2, 0.25) is 0 Å². The van der Waals surface area contributed by atoms with Crippen molar-refractivity contribution in [1.29, 1.82) is 0 Å². The molecule has 1 atom stereocenters. The molecule has 2 rings (SSSR count). The molecule has 174 valence electrons. The highest BCUT2D eigenvalue weighted by Gasteiger charge is 2.22. The minimum Gasteiger partial charge on any atom is -0.404 e. The Morgan fingerprint density at radius 2 is 2.06 bits per heavy atom. The maximum absolute atomic E-state index is 10.2. The topological polar surface area (TPSA) is 121 Å². The number of nitroso groups, excluding NO2 is 1. The summed E-state index contributed by atoms with van der Waals surface area (Å²) in [7, 11) is 1.98. The molecule has 9 nitrogen and oxygen atoms in total. The van der Waals surface area contributed by atoms with Gasteiger partial charge in [-0.05, 0) is 25.7 Å². The molecule has 32 heavy (non-hydrogen) atoms. The van der Waals surface area contributed by atoms with Crippen LogP contribution in [0, 0.1) is 4.91 Å². The Kier molecular flexibility index (Phi) is 10.0. The van der Waals surface area contributed by atoms with E-state index in [-0.39, 0.29) is 19.5 Å². The van der Waals surface area contributed by atoms with Crippen LogP contribution < -0.4 is 5.73 Å². The van der Waals surface area contributed by atoms with E-state index in [1.807, 2.05) is 35.2 Å². The van der Waals surface area contributed by atoms with Gasteiger partial charge in [0.05, 0.1) is 48.5 Å². The second-order valence-electron chi connectivity index (χ2n) is 7.67. The van der Waals surface area contributed by atoms with Crippen LogP contribution in [0.3, 0.4) is 0 Å². The monoisotopic (exact) mass is 441 g/mol. The maximum atomic E-state index is 10.2. The van der Waals surface area contributed by atoms with Crippen molar-refractivity contribution in [3.05, 3.63) is 58.3 Å². The lowest BCUT2D eigenvalue weighted by molar-refractivity contribution is 0.176. The summed E-state index contributed by atoms with van der Waals surface area (Å²) in [5, 5.41) is 17.2. The van der Waals surface area contributed by atoms with Gasteiger partial charge in [-0.15, -0.1) is 0 Å². The molecule has 1 aliphatic rings. The molecule has 9 heteroatoms. The predicted molar refractivity (Wildman–Crippen MR) is 130 cm³/mol. The van der Waals surface area contributed by atoms with Gasteiger partial charge in [0, 0.05) is 43.0 Å². The smallest absolute Gasteiger partial charge is 0.0974 e. The van der Waals surface area contributed by atoms with Crippen LogP contribution in [-0.4, -0.2) is 58.0 Å². The van der Waals surface area contributed by atoms with Crippen molar-refractivity contribution in [3.8, 4) is 0 Å². The van der Waals surface area contributed by atoms with E-state index >= 15 is 0 Å². The second-order valence-corrected chi connectivity index (χ2v) is 7.67.